The van der Waals surface area contributed by atoms with Crippen LogP contribution in [0.2, 0.25) is 5.02 Å². The fraction of sp³-hybridized carbons (Fsp3) is 0.500. The van der Waals surface area contributed by atoms with Gasteiger partial charge in [0.15, 0.2) is 0 Å². The number of carbonyl (C=O) groups excluding carboxylic acids is 1. The van der Waals surface area contributed by atoms with E-state index in [4.69, 9.17) is 20.9 Å². The maximum Gasteiger partial charge on any atom is 0.226 e. The van der Waals surface area contributed by atoms with E-state index in [0.29, 0.717) is 55.9 Å². The highest BCUT2D eigenvalue weighted by Gasteiger charge is 2.23. The summed E-state index contributed by atoms with van der Waals surface area (Å²) in [5, 5.41) is 7.20. The summed E-state index contributed by atoms with van der Waals surface area (Å²) in [6.07, 6.45) is 1.22. The van der Waals surface area contributed by atoms with E-state index in [2.05, 4.69) is 15.5 Å². The van der Waals surface area contributed by atoms with Crippen molar-refractivity contribution < 1.29 is 22.5 Å². The van der Waals surface area contributed by atoms with E-state index in [1.165, 1.54) is 4.31 Å². The average molecular weight is 443 g/mol. The zero-order chi connectivity index (χ0) is 20.7. The van der Waals surface area contributed by atoms with Crippen molar-refractivity contribution in [2.45, 2.75) is 19.3 Å². The van der Waals surface area contributed by atoms with Crippen molar-refractivity contribution in [1.29, 1.82) is 0 Å². The van der Waals surface area contributed by atoms with Crippen molar-refractivity contribution in [3.63, 3.8) is 0 Å². The molecule has 0 aliphatic carbocycles. The molecule has 1 aliphatic heterocycles. The number of aryl methyl sites for hydroxylation is 1. The molecule has 29 heavy (non-hydrogen) atoms. The second kappa shape index (κ2) is 10.1. The summed E-state index contributed by atoms with van der Waals surface area (Å²) in [6.45, 7) is 1.61. The Labute approximate surface area is 174 Å². The van der Waals surface area contributed by atoms with Gasteiger partial charge in [-0.15, -0.1) is 0 Å². The Kier molecular flexibility index (Phi) is 7.59. The summed E-state index contributed by atoms with van der Waals surface area (Å²) in [7, 11) is -3.37. The van der Waals surface area contributed by atoms with Crippen molar-refractivity contribution in [1.82, 2.24) is 19.8 Å². The molecule has 1 amide bonds. The third-order valence-electron chi connectivity index (χ3n) is 4.41. The lowest BCUT2D eigenvalue weighted by Crippen LogP contribution is -2.43. The van der Waals surface area contributed by atoms with Gasteiger partial charge >= 0.3 is 0 Å². The third-order valence-corrected chi connectivity index (χ3v) is 6.53. The first-order valence-corrected chi connectivity index (χ1v) is 11.3. The van der Waals surface area contributed by atoms with E-state index in [1.807, 2.05) is 0 Å². The molecular weight excluding hydrogens is 420 g/mol. The van der Waals surface area contributed by atoms with Crippen LogP contribution in [0.4, 0.5) is 0 Å². The number of hydrogen-bond acceptors (Lipinski definition) is 7. The fourth-order valence-corrected chi connectivity index (χ4v) is 4.28. The Hall–Kier alpha value is -2.01. The predicted octanol–water partition coefficient (Wildman–Crippen LogP) is 1.49. The monoisotopic (exact) mass is 442 g/mol. The molecular formula is C18H23ClN4O5S. The average Bonchev–Trinajstić information content (AvgIpc) is 3.18. The zero-order valence-corrected chi connectivity index (χ0v) is 17.4. The van der Waals surface area contributed by atoms with Crippen LogP contribution in [0.15, 0.2) is 28.8 Å². The number of benzene rings is 1. The molecule has 11 heteroatoms. The minimum absolute atomic E-state index is 0.0831. The Bertz CT molecular complexity index is 911. The van der Waals surface area contributed by atoms with Crippen LogP contribution in [0.3, 0.4) is 0 Å². The van der Waals surface area contributed by atoms with Crippen LogP contribution >= 0.6 is 11.6 Å². The first-order valence-electron chi connectivity index (χ1n) is 9.35. The van der Waals surface area contributed by atoms with Crippen molar-refractivity contribution in [2.75, 3.05) is 38.6 Å². The van der Waals surface area contributed by atoms with Crippen molar-refractivity contribution in [3.8, 4) is 11.4 Å². The van der Waals surface area contributed by atoms with Crippen LogP contribution in [0.25, 0.3) is 11.4 Å². The summed E-state index contributed by atoms with van der Waals surface area (Å²) < 4.78 is 36.1. The Morgan fingerprint density at radius 1 is 1.21 bits per heavy atom. The molecule has 1 aromatic carbocycles. The quantitative estimate of drug-likeness (QED) is 0.625. The highest BCUT2D eigenvalue weighted by atomic mass is 35.5. The minimum Gasteiger partial charge on any atom is -0.379 e. The van der Waals surface area contributed by atoms with E-state index in [-0.39, 0.29) is 24.6 Å². The molecule has 0 unspecified atom stereocenters. The van der Waals surface area contributed by atoms with E-state index < -0.39 is 10.0 Å². The zero-order valence-electron chi connectivity index (χ0n) is 15.8. The summed E-state index contributed by atoms with van der Waals surface area (Å²) >= 11 is 5.86. The highest BCUT2D eigenvalue weighted by molar-refractivity contribution is 7.89. The van der Waals surface area contributed by atoms with Crippen molar-refractivity contribution in [3.05, 3.63) is 35.2 Å². The smallest absolute Gasteiger partial charge is 0.226 e. The summed E-state index contributed by atoms with van der Waals surface area (Å²) in [5.74, 6) is 0.582. The number of carbonyl (C=O) groups is 1. The number of nitrogens with one attached hydrogen (secondary N) is 1. The van der Waals surface area contributed by atoms with Gasteiger partial charge < -0.3 is 14.6 Å². The van der Waals surface area contributed by atoms with Crippen LogP contribution in [0.5, 0.6) is 0 Å². The van der Waals surface area contributed by atoms with Gasteiger partial charge in [0.25, 0.3) is 0 Å². The van der Waals surface area contributed by atoms with Crippen LogP contribution in [-0.2, 0) is 26.0 Å². The van der Waals surface area contributed by atoms with Gasteiger partial charge in [-0.2, -0.15) is 9.29 Å². The fourth-order valence-electron chi connectivity index (χ4n) is 2.83. The number of morpholine rings is 1. The van der Waals surface area contributed by atoms with Gasteiger partial charge in [0.1, 0.15) is 0 Å². The number of hydrogen-bond donors (Lipinski definition) is 1. The molecule has 9 nitrogen and oxygen atoms in total. The molecule has 1 saturated heterocycles. The normalized spacial score (nSPS) is 15.3. The SMILES string of the molecule is O=C(CCCc1nc(-c2ccc(Cl)cc2)no1)NCCS(=O)(=O)N1CCOCC1. The van der Waals surface area contributed by atoms with E-state index >= 15 is 0 Å². The van der Waals surface area contributed by atoms with Crippen LogP contribution in [-0.4, -0.2) is 67.4 Å². The van der Waals surface area contributed by atoms with Gasteiger partial charge in [-0.1, -0.05) is 16.8 Å². The number of nitrogens with zero attached hydrogens (tertiary/aromatic N) is 3. The largest absolute Gasteiger partial charge is 0.379 e. The summed E-state index contributed by atoms with van der Waals surface area (Å²) in [5.41, 5.74) is 0.795. The Balaban J connectivity index is 1.36. The molecule has 1 fully saturated rings. The maximum atomic E-state index is 12.2. The molecule has 3 rings (SSSR count). The second-order valence-electron chi connectivity index (χ2n) is 6.55. The Morgan fingerprint density at radius 2 is 1.93 bits per heavy atom. The number of aromatic nitrogens is 2. The number of sulfonamides is 1. The number of rotatable bonds is 9. The number of amides is 1. The lowest BCUT2D eigenvalue weighted by atomic mass is 10.2. The van der Waals surface area contributed by atoms with E-state index in [0.717, 1.165) is 5.56 Å². The lowest BCUT2D eigenvalue weighted by Gasteiger charge is -2.26. The molecule has 0 spiro atoms. The van der Waals surface area contributed by atoms with E-state index in [9.17, 15) is 13.2 Å². The molecule has 0 atom stereocenters. The standard InChI is InChI=1S/C18H23ClN4O5S/c19-15-6-4-14(5-7-15)18-21-17(28-22-18)3-1-2-16(24)20-8-13-29(25,26)23-9-11-27-12-10-23/h4-7H,1-3,8-13H2,(H,20,24). The molecule has 0 bridgehead atoms. The van der Waals surface area contributed by atoms with Gasteiger partial charge in [0.05, 0.1) is 19.0 Å². The predicted molar refractivity (Wildman–Crippen MR) is 107 cm³/mol. The first-order chi connectivity index (χ1) is 13.9. The van der Waals surface area contributed by atoms with Crippen LogP contribution in [0.1, 0.15) is 18.7 Å². The molecule has 0 radical (unpaired) electrons. The second-order valence-corrected chi connectivity index (χ2v) is 9.07. The lowest BCUT2D eigenvalue weighted by molar-refractivity contribution is -0.121. The molecule has 2 aromatic rings. The topological polar surface area (TPSA) is 115 Å². The molecule has 1 aromatic heterocycles. The van der Waals surface area contributed by atoms with Gasteiger partial charge in [0, 0.05) is 43.1 Å². The molecule has 1 aliphatic rings. The van der Waals surface area contributed by atoms with Crippen LogP contribution in [0, 0.1) is 0 Å². The third kappa shape index (κ3) is 6.49. The first kappa shape index (κ1) is 21.7. The van der Waals surface area contributed by atoms with Crippen molar-refractivity contribution in [2.24, 2.45) is 0 Å². The minimum atomic E-state index is -3.37. The van der Waals surface area contributed by atoms with Gasteiger partial charge in [-0.25, -0.2) is 8.42 Å². The highest BCUT2D eigenvalue weighted by Crippen LogP contribution is 2.19. The molecule has 1 N–H and O–H groups in total. The summed E-state index contributed by atoms with van der Waals surface area (Å²) in [4.78, 5) is 16.2. The van der Waals surface area contributed by atoms with Gasteiger partial charge in [-0.05, 0) is 30.7 Å². The molecule has 158 valence electrons. The van der Waals surface area contributed by atoms with E-state index in [1.54, 1.807) is 24.3 Å². The van der Waals surface area contributed by atoms with Gasteiger partial charge in [-0.3, -0.25) is 4.79 Å². The number of ether oxygens (including phenoxy) is 1. The van der Waals surface area contributed by atoms with Gasteiger partial charge in [0.2, 0.25) is 27.6 Å². The number of halogens is 1. The van der Waals surface area contributed by atoms with Crippen LogP contribution < -0.4 is 5.32 Å². The maximum absolute atomic E-state index is 12.2. The summed E-state index contributed by atoms with van der Waals surface area (Å²) in [6, 6.07) is 7.10. The van der Waals surface area contributed by atoms with Crippen molar-refractivity contribution >= 4 is 27.5 Å². The molecule has 2 heterocycles. The molecule has 0 saturated carbocycles. The Morgan fingerprint density at radius 3 is 2.66 bits per heavy atom.